The van der Waals surface area contributed by atoms with Crippen molar-refractivity contribution in [1.29, 1.82) is 0 Å². The standard InChI is InChI=1S/C19H25NO3S/c1-14(2)24-17-8-6-15(7-9-17)11-18(21)20-13-19(3,22)12-16-5-4-10-23-16/h4-10,14,22H,11-13H2,1-3H3,(H,20,21)/t19-/m1/s1. The third kappa shape index (κ3) is 6.42. The molecule has 0 aliphatic rings. The van der Waals surface area contributed by atoms with E-state index in [9.17, 15) is 9.90 Å². The highest BCUT2D eigenvalue weighted by molar-refractivity contribution is 7.99. The van der Waals surface area contributed by atoms with Crippen LogP contribution in [-0.2, 0) is 17.6 Å². The Morgan fingerprint density at radius 1 is 1.29 bits per heavy atom. The Balaban J connectivity index is 1.80. The van der Waals surface area contributed by atoms with Crippen LogP contribution in [0.4, 0.5) is 0 Å². The number of thioether (sulfide) groups is 1. The second-order valence-corrected chi connectivity index (χ2v) is 8.17. The lowest BCUT2D eigenvalue weighted by molar-refractivity contribution is -0.121. The third-order valence-corrected chi connectivity index (χ3v) is 4.48. The van der Waals surface area contributed by atoms with Crippen molar-refractivity contribution in [2.24, 2.45) is 0 Å². The lowest BCUT2D eigenvalue weighted by atomic mass is 10.0. The van der Waals surface area contributed by atoms with E-state index in [0.29, 0.717) is 23.9 Å². The van der Waals surface area contributed by atoms with Gasteiger partial charge in [0.05, 0.1) is 18.3 Å². The number of hydrogen-bond donors (Lipinski definition) is 2. The zero-order chi connectivity index (χ0) is 17.6. The molecule has 1 atom stereocenters. The minimum Gasteiger partial charge on any atom is -0.469 e. The molecule has 1 amide bonds. The van der Waals surface area contributed by atoms with E-state index >= 15 is 0 Å². The smallest absolute Gasteiger partial charge is 0.224 e. The van der Waals surface area contributed by atoms with Gasteiger partial charge in [0.1, 0.15) is 5.76 Å². The Kier molecular flexibility index (Phi) is 6.52. The van der Waals surface area contributed by atoms with Crippen LogP contribution in [0.15, 0.2) is 52.0 Å². The van der Waals surface area contributed by atoms with Crippen molar-refractivity contribution in [2.75, 3.05) is 6.54 Å². The summed E-state index contributed by atoms with van der Waals surface area (Å²) >= 11 is 1.80. The number of aliphatic hydroxyl groups is 1. The Hall–Kier alpha value is -1.72. The van der Waals surface area contributed by atoms with E-state index in [2.05, 4.69) is 19.2 Å². The van der Waals surface area contributed by atoms with Gasteiger partial charge in [0, 0.05) is 23.1 Å². The molecule has 24 heavy (non-hydrogen) atoms. The van der Waals surface area contributed by atoms with Gasteiger partial charge in [-0.05, 0) is 36.8 Å². The van der Waals surface area contributed by atoms with Gasteiger partial charge < -0.3 is 14.8 Å². The number of benzene rings is 1. The monoisotopic (exact) mass is 347 g/mol. The molecule has 0 aliphatic carbocycles. The summed E-state index contributed by atoms with van der Waals surface area (Å²) in [5.41, 5.74) is -0.0723. The van der Waals surface area contributed by atoms with Crippen molar-refractivity contribution < 1.29 is 14.3 Å². The normalized spacial score (nSPS) is 13.7. The predicted molar refractivity (Wildman–Crippen MR) is 97.2 cm³/mol. The molecule has 130 valence electrons. The molecule has 2 rings (SSSR count). The Morgan fingerprint density at radius 2 is 2.00 bits per heavy atom. The fourth-order valence-electron chi connectivity index (χ4n) is 2.35. The lowest BCUT2D eigenvalue weighted by Gasteiger charge is -2.22. The number of hydrogen-bond acceptors (Lipinski definition) is 4. The van der Waals surface area contributed by atoms with Crippen LogP contribution < -0.4 is 5.32 Å². The number of carbonyl (C=O) groups is 1. The molecule has 0 aliphatic heterocycles. The first-order chi connectivity index (χ1) is 11.3. The summed E-state index contributed by atoms with van der Waals surface area (Å²) in [6.45, 7) is 6.18. The minimum absolute atomic E-state index is 0.0982. The molecule has 2 aromatic rings. The highest BCUT2D eigenvalue weighted by Gasteiger charge is 2.23. The van der Waals surface area contributed by atoms with Crippen LogP contribution in [0.1, 0.15) is 32.1 Å². The Labute approximate surface area is 147 Å². The van der Waals surface area contributed by atoms with Crippen molar-refractivity contribution in [2.45, 2.75) is 49.4 Å². The van der Waals surface area contributed by atoms with Crippen molar-refractivity contribution in [3.8, 4) is 0 Å². The maximum Gasteiger partial charge on any atom is 0.224 e. The molecular weight excluding hydrogens is 322 g/mol. The number of nitrogens with one attached hydrogen (secondary N) is 1. The maximum absolute atomic E-state index is 12.1. The van der Waals surface area contributed by atoms with Crippen LogP contribution in [0.2, 0.25) is 0 Å². The van der Waals surface area contributed by atoms with Gasteiger partial charge >= 0.3 is 0 Å². The molecule has 2 N–H and O–H groups in total. The van der Waals surface area contributed by atoms with Crippen molar-refractivity contribution in [1.82, 2.24) is 5.32 Å². The van der Waals surface area contributed by atoms with Crippen molar-refractivity contribution in [3.63, 3.8) is 0 Å². The zero-order valence-corrected chi connectivity index (χ0v) is 15.2. The molecule has 0 saturated heterocycles. The molecule has 0 saturated carbocycles. The first-order valence-electron chi connectivity index (χ1n) is 8.11. The van der Waals surface area contributed by atoms with E-state index in [1.54, 1.807) is 31.0 Å². The molecule has 1 aromatic carbocycles. The van der Waals surface area contributed by atoms with E-state index in [0.717, 1.165) is 5.56 Å². The fourth-order valence-corrected chi connectivity index (χ4v) is 3.18. The average molecular weight is 347 g/mol. The van der Waals surface area contributed by atoms with Gasteiger partial charge in [-0.2, -0.15) is 0 Å². The SMILES string of the molecule is CC(C)Sc1ccc(CC(=O)NC[C@](C)(O)Cc2ccco2)cc1. The van der Waals surface area contributed by atoms with Gasteiger partial charge in [0.25, 0.3) is 0 Å². The fraction of sp³-hybridized carbons (Fsp3) is 0.421. The van der Waals surface area contributed by atoms with Crippen molar-refractivity contribution >= 4 is 17.7 Å². The first kappa shape index (κ1) is 18.6. The second-order valence-electron chi connectivity index (χ2n) is 6.52. The quantitative estimate of drug-likeness (QED) is 0.718. The van der Waals surface area contributed by atoms with Gasteiger partial charge in [0.2, 0.25) is 5.91 Å². The highest BCUT2D eigenvalue weighted by Crippen LogP contribution is 2.23. The lowest BCUT2D eigenvalue weighted by Crippen LogP contribution is -2.42. The van der Waals surface area contributed by atoms with Crippen LogP contribution in [-0.4, -0.2) is 28.4 Å². The van der Waals surface area contributed by atoms with Gasteiger partial charge in [-0.1, -0.05) is 26.0 Å². The van der Waals surface area contributed by atoms with Crippen LogP contribution >= 0.6 is 11.8 Å². The molecule has 0 unspecified atom stereocenters. The molecule has 0 bridgehead atoms. The largest absolute Gasteiger partial charge is 0.469 e. The van der Waals surface area contributed by atoms with E-state index in [1.165, 1.54) is 4.90 Å². The zero-order valence-electron chi connectivity index (χ0n) is 14.4. The number of amides is 1. The van der Waals surface area contributed by atoms with Gasteiger partial charge in [-0.15, -0.1) is 11.8 Å². The number of rotatable bonds is 8. The Bertz CT molecular complexity index is 633. The summed E-state index contributed by atoms with van der Waals surface area (Å²) in [6.07, 6.45) is 2.25. The van der Waals surface area contributed by atoms with E-state index in [4.69, 9.17) is 4.42 Å². The molecule has 1 aromatic heterocycles. The molecule has 5 heteroatoms. The van der Waals surface area contributed by atoms with E-state index < -0.39 is 5.60 Å². The topological polar surface area (TPSA) is 62.5 Å². The summed E-state index contributed by atoms with van der Waals surface area (Å²) in [7, 11) is 0. The first-order valence-corrected chi connectivity index (χ1v) is 8.99. The maximum atomic E-state index is 12.1. The van der Waals surface area contributed by atoms with Crippen LogP contribution in [0.5, 0.6) is 0 Å². The van der Waals surface area contributed by atoms with Gasteiger partial charge in [0.15, 0.2) is 0 Å². The molecule has 0 radical (unpaired) electrons. The molecule has 1 heterocycles. The van der Waals surface area contributed by atoms with Crippen LogP contribution in [0.25, 0.3) is 0 Å². The average Bonchev–Trinajstić information content (AvgIpc) is 2.99. The van der Waals surface area contributed by atoms with Crippen LogP contribution in [0, 0.1) is 0 Å². The van der Waals surface area contributed by atoms with E-state index in [-0.39, 0.29) is 12.5 Å². The summed E-state index contributed by atoms with van der Waals surface area (Å²) in [4.78, 5) is 13.3. The highest BCUT2D eigenvalue weighted by atomic mass is 32.2. The second kappa shape index (κ2) is 8.40. The summed E-state index contributed by atoms with van der Waals surface area (Å²) < 4.78 is 5.24. The van der Waals surface area contributed by atoms with Crippen molar-refractivity contribution in [3.05, 3.63) is 54.0 Å². The minimum atomic E-state index is -1.04. The Morgan fingerprint density at radius 3 is 2.58 bits per heavy atom. The third-order valence-electron chi connectivity index (χ3n) is 3.46. The van der Waals surface area contributed by atoms with Gasteiger partial charge in [-0.25, -0.2) is 0 Å². The van der Waals surface area contributed by atoms with E-state index in [1.807, 2.05) is 30.3 Å². The summed E-state index contributed by atoms with van der Waals surface area (Å²) in [5.74, 6) is 0.603. The molecule has 0 fully saturated rings. The number of carbonyl (C=O) groups excluding carboxylic acids is 1. The summed E-state index contributed by atoms with van der Waals surface area (Å²) in [5, 5.41) is 13.7. The molecule has 0 spiro atoms. The molecule has 4 nitrogen and oxygen atoms in total. The number of furan rings is 1. The predicted octanol–water partition coefficient (Wildman–Crippen LogP) is 3.43. The van der Waals surface area contributed by atoms with Gasteiger partial charge in [-0.3, -0.25) is 4.79 Å². The summed E-state index contributed by atoms with van der Waals surface area (Å²) in [6, 6.07) is 11.6. The van der Waals surface area contributed by atoms with Crippen LogP contribution in [0.3, 0.4) is 0 Å². The molecular formula is C19H25NO3S.